The number of fused-ring (bicyclic) bond motifs is 1. The van der Waals surface area contributed by atoms with Crippen molar-refractivity contribution in [3.05, 3.63) is 47.3 Å². The van der Waals surface area contributed by atoms with Gasteiger partial charge in [-0.15, -0.1) is 0 Å². The number of ether oxygens (including phenoxy) is 2. The molecule has 0 aliphatic carbocycles. The van der Waals surface area contributed by atoms with Gasteiger partial charge in [0.05, 0.1) is 54.1 Å². The van der Waals surface area contributed by atoms with Gasteiger partial charge in [0.1, 0.15) is 5.76 Å². The van der Waals surface area contributed by atoms with E-state index >= 15 is 0 Å². The van der Waals surface area contributed by atoms with Crippen LogP contribution in [-0.4, -0.2) is 60.0 Å². The van der Waals surface area contributed by atoms with E-state index in [-0.39, 0.29) is 23.4 Å². The number of nitrogens with one attached hydrogen (secondary N) is 1. The number of pyridine rings is 1. The summed E-state index contributed by atoms with van der Waals surface area (Å²) in [6, 6.07) is 8.26. The summed E-state index contributed by atoms with van der Waals surface area (Å²) in [6.07, 6.45) is 0.431. The van der Waals surface area contributed by atoms with Gasteiger partial charge in [0.2, 0.25) is 0 Å². The molecule has 0 radical (unpaired) electrons. The van der Waals surface area contributed by atoms with Gasteiger partial charge in [-0.25, -0.2) is 18.1 Å². The first-order chi connectivity index (χ1) is 17.2. The van der Waals surface area contributed by atoms with E-state index in [1.807, 2.05) is 6.07 Å². The van der Waals surface area contributed by atoms with E-state index in [0.717, 1.165) is 0 Å². The predicted octanol–water partition coefficient (Wildman–Crippen LogP) is 3.33. The average Bonchev–Trinajstić information content (AvgIpc) is 3.54. The van der Waals surface area contributed by atoms with E-state index in [2.05, 4.69) is 15.6 Å². The number of hydrogen-bond donors (Lipinski definition) is 1. The Morgan fingerprint density at radius 2 is 1.92 bits per heavy atom. The molecule has 12 heteroatoms. The summed E-state index contributed by atoms with van der Waals surface area (Å²) >= 11 is 0. The molecule has 1 unspecified atom stereocenters. The quantitative estimate of drug-likeness (QED) is 0.413. The van der Waals surface area contributed by atoms with E-state index in [1.165, 1.54) is 7.11 Å². The van der Waals surface area contributed by atoms with Crippen LogP contribution in [0.3, 0.4) is 0 Å². The van der Waals surface area contributed by atoms with E-state index in [4.69, 9.17) is 19.0 Å². The third kappa shape index (κ3) is 4.28. The lowest BCUT2D eigenvalue weighted by Gasteiger charge is -2.13. The summed E-state index contributed by atoms with van der Waals surface area (Å²) in [4.78, 5) is 18.3. The summed E-state index contributed by atoms with van der Waals surface area (Å²) in [5.41, 5.74) is 2.51. The molecule has 1 fully saturated rings. The van der Waals surface area contributed by atoms with Gasteiger partial charge >= 0.3 is 0 Å². The standard InChI is InChI=1S/C24H25N5O6S/c1-13-9-21(28-35-13)26-24(30)17-11-18(15-5-6-19(33-3)20(10-15)34-4)25-23-22(17)14(2)27-29(23)16-7-8-36(31,32)12-16/h5-6,9-11,16H,7-8,12H2,1-4H3,(H,26,28,30). The molecule has 1 atom stereocenters. The molecule has 5 rings (SSSR count). The maximum Gasteiger partial charge on any atom is 0.257 e. The Kier molecular flexibility index (Phi) is 5.91. The Labute approximate surface area is 207 Å². The molecule has 1 N–H and O–H groups in total. The molecular weight excluding hydrogens is 486 g/mol. The van der Waals surface area contributed by atoms with Crippen molar-refractivity contribution >= 4 is 32.6 Å². The van der Waals surface area contributed by atoms with Gasteiger partial charge in [0.25, 0.3) is 5.91 Å². The minimum atomic E-state index is -3.16. The summed E-state index contributed by atoms with van der Waals surface area (Å²) in [6.45, 7) is 3.50. The van der Waals surface area contributed by atoms with Crippen molar-refractivity contribution in [3.63, 3.8) is 0 Å². The number of amides is 1. The summed E-state index contributed by atoms with van der Waals surface area (Å²) in [7, 11) is -0.0776. The second kappa shape index (κ2) is 8.94. The Hall–Kier alpha value is -3.93. The molecule has 3 aromatic heterocycles. The number of rotatable bonds is 6. The first kappa shape index (κ1) is 23.8. The van der Waals surface area contributed by atoms with E-state index in [0.29, 0.717) is 57.2 Å². The van der Waals surface area contributed by atoms with Gasteiger partial charge < -0.3 is 19.3 Å². The molecule has 4 heterocycles. The molecule has 0 bridgehead atoms. The lowest BCUT2D eigenvalue weighted by Crippen LogP contribution is -2.15. The Morgan fingerprint density at radius 1 is 1.14 bits per heavy atom. The monoisotopic (exact) mass is 511 g/mol. The van der Waals surface area contributed by atoms with Crippen LogP contribution in [0.15, 0.2) is 34.9 Å². The Bertz CT molecular complexity index is 1590. The number of hydrogen-bond acceptors (Lipinski definition) is 9. The zero-order chi connectivity index (χ0) is 25.6. The fraction of sp³-hybridized carbons (Fsp3) is 0.333. The molecule has 1 saturated heterocycles. The number of sulfone groups is 1. The number of benzene rings is 1. The third-order valence-corrected chi connectivity index (χ3v) is 7.94. The van der Waals surface area contributed by atoms with Crippen molar-refractivity contribution < 1.29 is 27.2 Å². The highest BCUT2D eigenvalue weighted by Crippen LogP contribution is 2.35. The number of nitrogens with zero attached hydrogens (tertiary/aromatic N) is 4. The van der Waals surface area contributed by atoms with Crippen LogP contribution in [-0.2, 0) is 9.84 Å². The normalized spacial score (nSPS) is 16.8. The SMILES string of the molecule is COc1ccc(-c2cc(C(=O)Nc3cc(C)on3)c3c(C)nn(C4CCS(=O)(=O)C4)c3n2)cc1OC. The van der Waals surface area contributed by atoms with Gasteiger partial charge in [0.15, 0.2) is 32.8 Å². The molecule has 1 aromatic carbocycles. The van der Waals surface area contributed by atoms with Crippen LogP contribution in [0.4, 0.5) is 5.82 Å². The fourth-order valence-electron chi connectivity index (χ4n) is 4.47. The van der Waals surface area contributed by atoms with Crippen molar-refractivity contribution in [3.8, 4) is 22.8 Å². The number of aromatic nitrogens is 4. The largest absolute Gasteiger partial charge is 0.493 e. The van der Waals surface area contributed by atoms with Gasteiger partial charge in [-0.2, -0.15) is 5.10 Å². The fourth-order valence-corrected chi connectivity index (χ4v) is 6.16. The van der Waals surface area contributed by atoms with Crippen LogP contribution < -0.4 is 14.8 Å². The number of anilines is 1. The van der Waals surface area contributed by atoms with E-state index in [1.54, 1.807) is 49.9 Å². The summed E-state index contributed by atoms with van der Waals surface area (Å²) in [5, 5.41) is 11.8. The Morgan fingerprint density at radius 3 is 2.56 bits per heavy atom. The highest BCUT2D eigenvalue weighted by atomic mass is 32.2. The zero-order valence-corrected chi connectivity index (χ0v) is 21.0. The van der Waals surface area contributed by atoms with Crippen molar-refractivity contribution in [2.75, 3.05) is 31.0 Å². The first-order valence-corrected chi connectivity index (χ1v) is 13.1. The minimum absolute atomic E-state index is 0.0226. The van der Waals surface area contributed by atoms with E-state index < -0.39 is 15.7 Å². The van der Waals surface area contributed by atoms with Crippen molar-refractivity contribution in [1.82, 2.24) is 19.9 Å². The molecule has 1 aliphatic rings. The zero-order valence-electron chi connectivity index (χ0n) is 20.2. The average molecular weight is 512 g/mol. The molecule has 1 amide bonds. The number of carbonyl (C=O) groups is 1. The summed E-state index contributed by atoms with van der Waals surface area (Å²) in [5.74, 6) is 1.55. The first-order valence-electron chi connectivity index (χ1n) is 11.3. The number of carbonyl (C=O) groups excluding carboxylic acids is 1. The van der Waals surface area contributed by atoms with E-state index in [9.17, 15) is 13.2 Å². The second-order valence-corrected chi connectivity index (χ2v) is 10.9. The number of aryl methyl sites for hydroxylation is 2. The molecule has 36 heavy (non-hydrogen) atoms. The topological polar surface area (TPSA) is 138 Å². The predicted molar refractivity (Wildman–Crippen MR) is 132 cm³/mol. The van der Waals surface area contributed by atoms with Crippen LogP contribution in [0.5, 0.6) is 11.5 Å². The molecule has 11 nitrogen and oxygen atoms in total. The van der Waals surface area contributed by atoms with Crippen LogP contribution in [0.1, 0.15) is 34.3 Å². The van der Waals surface area contributed by atoms with Crippen molar-refractivity contribution in [2.24, 2.45) is 0 Å². The third-order valence-electron chi connectivity index (χ3n) is 6.18. The van der Waals surface area contributed by atoms with Gasteiger partial charge in [-0.1, -0.05) is 5.16 Å². The van der Waals surface area contributed by atoms with Gasteiger partial charge in [0, 0.05) is 11.6 Å². The molecule has 188 valence electrons. The van der Waals surface area contributed by atoms with Crippen molar-refractivity contribution in [1.29, 1.82) is 0 Å². The smallest absolute Gasteiger partial charge is 0.257 e. The maximum absolute atomic E-state index is 13.4. The minimum Gasteiger partial charge on any atom is -0.493 e. The van der Waals surface area contributed by atoms with Crippen LogP contribution >= 0.6 is 0 Å². The molecule has 0 spiro atoms. The maximum atomic E-state index is 13.4. The Balaban J connectivity index is 1.69. The van der Waals surface area contributed by atoms with Crippen LogP contribution in [0.2, 0.25) is 0 Å². The van der Waals surface area contributed by atoms with Crippen molar-refractivity contribution in [2.45, 2.75) is 26.3 Å². The van der Waals surface area contributed by atoms with Crippen LogP contribution in [0, 0.1) is 13.8 Å². The van der Waals surface area contributed by atoms with Gasteiger partial charge in [-0.05, 0) is 44.5 Å². The lowest BCUT2D eigenvalue weighted by molar-refractivity contribution is 0.102. The highest BCUT2D eigenvalue weighted by molar-refractivity contribution is 7.91. The second-order valence-electron chi connectivity index (χ2n) is 8.69. The van der Waals surface area contributed by atoms with Gasteiger partial charge in [-0.3, -0.25) is 4.79 Å². The molecule has 4 aromatic rings. The summed E-state index contributed by atoms with van der Waals surface area (Å²) < 4.78 is 41.9. The highest BCUT2D eigenvalue weighted by Gasteiger charge is 2.32. The molecular formula is C24H25N5O6S. The molecule has 1 aliphatic heterocycles. The lowest BCUT2D eigenvalue weighted by atomic mass is 10.0. The molecule has 0 saturated carbocycles. The van der Waals surface area contributed by atoms with Crippen LogP contribution in [0.25, 0.3) is 22.3 Å². The number of methoxy groups -OCH3 is 2.